The summed E-state index contributed by atoms with van der Waals surface area (Å²) in [6.07, 6.45) is 0. The molecule has 1 aromatic carbocycles. The van der Waals surface area contributed by atoms with Gasteiger partial charge in [0.1, 0.15) is 0 Å². The lowest BCUT2D eigenvalue weighted by molar-refractivity contribution is 0.0515. The fraction of sp³-hybridized carbons (Fsp3) is 0.462. The Balaban J connectivity index is 3.10. The molecule has 0 aliphatic carbocycles. The molecule has 4 heteroatoms. The van der Waals surface area contributed by atoms with Crippen LogP contribution in [0, 0.1) is 13.8 Å². The van der Waals surface area contributed by atoms with E-state index in [2.05, 4.69) is 4.94 Å². The molecule has 94 valence electrons. The van der Waals surface area contributed by atoms with Crippen molar-refractivity contribution >= 4 is 17.7 Å². The Labute approximate surface area is 108 Å². The lowest BCUT2D eigenvalue weighted by atomic mass is 10.0. The number of halogens is 1. The molecule has 0 atom stereocenters. The minimum atomic E-state index is -0.378. The lowest BCUT2D eigenvalue weighted by Gasteiger charge is -2.33. The van der Waals surface area contributed by atoms with Crippen molar-refractivity contribution in [2.24, 2.45) is 0 Å². The van der Waals surface area contributed by atoms with Crippen LogP contribution in [0.4, 0.5) is 0 Å². The number of nitrogens with zero attached hydrogens (tertiary/aromatic N) is 1. The summed E-state index contributed by atoms with van der Waals surface area (Å²) in [6.45, 7) is 9.70. The smallest absolute Gasteiger partial charge is 0.268 e. The molecule has 1 amide bonds. The molecule has 0 aliphatic rings. The van der Waals surface area contributed by atoms with Gasteiger partial charge in [-0.25, -0.2) is 0 Å². The van der Waals surface area contributed by atoms with E-state index in [9.17, 15) is 4.79 Å². The predicted molar refractivity (Wildman–Crippen MR) is 70.8 cm³/mol. The maximum Gasteiger partial charge on any atom is 0.269 e. The van der Waals surface area contributed by atoms with Crippen molar-refractivity contribution in [1.82, 2.24) is 9.95 Å². The van der Waals surface area contributed by atoms with Gasteiger partial charge in [-0.1, -0.05) is 17.2 Å². The van der Waals surface area contributed by atoms with Gasteiger partial charge in [0.15, 0.2) is 0 Å². The highest BCUT2D eigenvalue weighted by Gasteiger charge is 2.27. The Morgan fingerprint density at radius 2 is 1.65 bits per heavy atom. The molecule has 0 spiro atoms. The lowest BCUT2D eigenvalue weighted by Crippen LogP contribution is -2.50. The van der Waals surface area contributed by atoms with E-state index in [1.54, 1.807) is 0 Å². The molecule has 17 heavy (non-hydrogen) atoms. The van der Waals surface area contributed by atoms with E-state index in [1.807, 2.05) is 52.8 Å². The van der Waals surface area contributed by atoms with Crippen LogP contribution in [0.2, 0.25) is 0 Å². The summed E-state index contributed by atoms with van der Waals surface area (Å²) in [6, 6.07) is 5.76. The molecule has 0 heterocycles. The van der Waals surface area contributed by atoms with Gasteiger partial charge in [-0.05, 0) is 58.5 Å². The van der Waals surface area contributed by atoms with E-state index in [0.717, 1.165) is 11.1 Å². The molecule has 0 unspecified atom stereocenters. The van der Waals surface area contributed by atoms with Crippen LogP contribution in [0.1, 0.15) is 42.3 Å². The van der Waals surface area contributed by atoms with Crippen LogP contribution in [0.25, 0.3) is 0 Å². The molecule has 1 N–H and O–H groups in total. The topological polar surface area (TPSA) is 32.3 Å². The fourth-order valence-electron chi connectivity index (χ4n) is 1.70. The number of aryl methyl sites for hydroxylation is 2. The molecule has 0 aliphatic heterocycles. The van der Waals surface area contributed by atoms with Crippen LogP contribution >= 0.6 is 11.8 Å². The van der Waals surface area contributed by atoms with Crippen LogP contribution in [0.15, 0.2) is 18.2 Å². The van der Waals surface area contributed by atoms with Crippen LogP contribution in [-0.4, -0.2) is 16.5 Å². The minimum Gasteiger partial charge on any atom is -0.268 e. The first-order chi connectivity index (χ1) is 7.75. The second kappa shape index (κ2) is 5.07. The number of carbonyl (C=O) groups excluding carboxylic acids is 1. The van der Waals surface area contributed by atoms with Crippen molar-refractivity contribution in [3.8, 4) is 0 Å². The van der Waals surface area contributed by atoms with Crippen molar-refractivity contribution < 1.29 is 4.79 Å². The van der Waals surface area contributed by atoms with E-state index >= 15 is 0 Å². The third-order valence-electron chi connectivity index (χ3n) is 2.43. The van der Waals surface area contributed by atoms with E-state index in [1.165, 1.54) is 5.01 Å². The average molecular weight is 255 g/mol. The molecule has 1 rings (SSSR count). The van der Waals surface area contributed by atoms with Crippen molar-refractivity contribution in [2.75, 3.05) is 0 Å². The summed E-state index contributed by atoms with van der Waals surface area (Å²) in [7, 11) is 0. The monoisotopic (exact) mass is 254 g/mol. The second-order valence-corrected chi connectivity index (χ2v) is 5.44. The maximum atomic E-state index is 12.3. The van der Waals surface area contributed by atoms with Crippen molar-refractivity contribution in [3.05, 3.63) is 34.9 Å². The molecule has 0 aromatic heterocycles. The van der Waals surface area contributed by atoms with Crippen LogP contribution < -0.4 is 4.94 Å². The minimum absolute atomic E-state index is 0.126. The van der Waals surface area contributed by atoms with Crippen LogP contribution in [-0.2, 0) is 0 Å². The van der Waals surface area contributed by atoms with E-state index in [-0.39, 0.29) is 11.4 Å². The highest BCUT2D eigenvalue weighted by molar-refractivity contribution is 6.14. The third-order valence-corrected chi connectivity index (χ3v) is 2.60. The predicted octanol–water partition coefficient (Wildman–Crippen LogP) is 3.20. The van der Waals surface area contributed by atoms with Gasteiger partial charge in [-0.3, -0.25) is 9.80 Å². The van der Waals surface area contributed by atoms with Gasteiger partial charge in [0, 0.05) is 5.56 Å². The zero-order chi connectivity index (χ0) is 13.2. The molecule has 0 fully saturated rings. The van der Waals surface area contributed by atoms with Crippen LogP contribution in [0.5, 0.6) is 0 Å². The quantitative estimate of drug-likeness (QED) is 0.649. The Kier molecular flexibility index (Phi) is 4.17. The Morgan fingerprint density at radius 1 is 1.18 bits per heavy atom. The number of carbonyl (C=O) groups is 1. The van der Waals surface area contributed by atoms with Gasteiger partial charge in [0.2, 0.25) is 0 Å². The summed E-state index contributed by atoms with van der Waals surface area (Å²) in [4.78, 5) is 14.7. The summed E-state index contributed by atoms with van der Waals surface area (Å²) >= 11 is 5.63. The molecule has 0 radical (unpaired) electrons. The highest BCUT2D eigenvalue weighted by atomic mass is 35.5. The number of benzene rings is 1. The van der Waals surface area contributed by atoms with Gasteiger partial charge in [0.05, 0.1) is 5.54 Å². The van der Waals surface area contributed by atoms with Crippen molar-refractivity contribution in [1.29, 1.82) is 0 Å². The largest absolute Gasteiger partial charge is 0.269 e. The molecule has 0 bridgehead atoms. The number of hydrogen-bond donors (Lipinski definition) is 1. The fourth-order valence-corrected chi connectivity index (χ4v) is 2.03. The van der Waals surface area contributed by atoms with Crippen LogP contribution in [0.3, 0.4) is 0 Å². The maximum absolute atomic E-state index is 12.3. The zero-order valence-electron chi connectivity index (χ0n) is 11.0. The first-order valence-electron chi connectivity index (χ1n) is 5.55. The van der Waals surface area contributed by atoms with Crippen molar-refractivity contribution in [3.63, 3.8) is 0 Å². The number of nitrogens with one attached hydrogen (secondary N) is 1. The third kappa shape index (κ3) is 3.45. The van der Waals surface area contributed by atoms with E-state index in [4.69, 9.17) is 11.8 Å². The molecule has 1 aromatic rings. The molecule has 0 saturated carbocycles. The standard InChI is InChI=1S/C13H19ClN2O/c1-9-6-10(2)8-11(7-9)12(17)16(15-14)13(3,4)5/h6-8,15H,1-5H3. The molecular formula is C13H19ClN2O. The van der Waals surface area contributed by atoms with Gasteiger partial charge in [-0.2, -0.15) is 0 Å². The number of hydrazine groups is 1. The van der Waals surface area contributed by atoms with Gasteiger partial charge in [-0.15, -0.1) is 4.94 Å². The first-order valence-corrected chi connectivity index (χ1v) is 5.92. The normalized spacial score (nSPS) is 11.4. The Bertz CT molecular complexity index is 404. The SMILES string of the molecule is Cc1cc(C)cc(C(=O)N(NCl)C(C)(C)C)c1. The van der Waals surface area contributed by atoms with Crippen molar-refractivity contribution in [2.45, 2.75) is 40.2 Å². The summed E-state index contributed by atoms with van der Waals surface area (Å²) in [5.41, 5.74) is 2.40. The van der Waals surface area contributed by atoms with E-state index in [0.29, 0.717) is 5.56 Å². The van der Waals surface area contributed by atoms with Gasteiger partial charge >= 0.3 is 0 Å². The average Bonchev–Trinajstić information content (AvgIpc) is 2.14. The van der Waals surface area contributed by atoms with Gasteiger partial charge in [0.25, 0.3) is 5.91 Å². The number of rotatable bonds is 2. The molecular weight excluding hydrogens is 236 g/mol. The highest BCUT2D eigenvalue weighted by Crippen LogP contribution is 2.17. The van der Waals surface area contributed by atoms with E-state index < -0.39 is 0 Å². The summed E-state index contributed by atoms with van der Waals surface area (Å²) < 4.78 is 0. The Morgan fingerprint density at radius 3 is 2.00 bits per heavy atom. The summed E-state index contributed by atoms with van der Waals surface area (Å²) in [5.74, 6) is -0.126. The molecule has 3 nitrogen and oxygen atoms in total. The van der Waals surface area contributed by atoms with Gasteiger partial charge < -0.3 is 0 Å². The first kappa shape index (κ1) is 14.0. The zero-order valence-corrected chi connectivity index (χ0v) is 11.7. The molecule has 0 saturated heterocycles. The Hall–Kier alpha value is -1.06. The number of hydrogen-bond acceptors (Lipinski definition) is 2. The number of amides is 1. The summed E-state index contributed by atoms with van der Waals surface area (Å²) in [5, 5.41) is 1.42. The second-order valence-electron chi connectivity index (χ2n) is 5.27.